The monoisotopic (exact) mass is 198 g/mol. The molecular formula is C6H7NaO6. The van der Waals surface area contributed by atoms with Crippen LogP contribution in [0.25, 0.3) is 0 Å². The normalized spacial score (nSPS) is 23.8. The summed E-state index contributed by atoms with van der Waals surface area (Å²) in [5, 5.41) is 36.8. The van der Waals surface area contributed by atoms with Crippen molar-refractivity contribution in [2.24, 2.45) is 0 Å². The molecule has 7 heteroatoms. The van der Waals surface area contributed by atoms with Gasteiger partial charge in [0.15, 0.2) is 5.76 Å². The number of ether oxygens (including phenoxy) is 1. The Hall–Kier alpha value is -0.270. The van der Waals surface area contributed by atoms with Crippen molar-refractivity contribution in [1.82, 2.24) is 0 Å². The third-order valence-corrected chi connectivity index (χ3v) is 1.46. The molecule has 0 fully saturated rings. The molecule has 0 saturated carbocycles. The van der Waals surface area contributed by atoms with E-state index in [2.05, 4.69) is 4.74 Å². The van der Waals surface area contributed by atoms with Gasteiger partial charge in [0.05, 0.1) is 6.61 Å². The van der Waals surface area contributed by atoms with E-state index in [1.807, 2.05) is 0 Å². The van der Waals surface area contributed by atoms with Crippen LogP contribution in [0, 0.1) is 0 Å². The summed E-state index contributed by atoms with van der Waals surface area (Å²) in [5.74, 6) is -3.20. The van der Waals surface area contributed by atoms with E-state index in [-0.39, 0.29) is 29.6 Å². The van der Waals surface area contributed by atoms with E-state index >= 15 is 0 Å². The second-order valence-electron chi connectivity index (χ2n) is 2.29. The van der Waals surface area contributed by atoms with Crippen LogP contribution >= 0.6 is 0 Å². The first-order chi connectivity index (χ1) is 5.57. The second kappa shape index (κ2) is 4.83. The molecule has 13 heavy (non-hydrogen) atoms. The van der Waals surface area contributed by atoms with Gasteiger partial charge in [-0.25, -0.2) is 4.79 Å². The molecule has 1 aliphatic rings. The fraction of sp³-hybridized carbons (Fsp3) is 0.500. The molecule has 3 N–H and O–H groups in total. The van der Waals surface area contributed by atoms with Crippen LogP contribution in [0.15, 0.2) is 11.5 Å². The standard InChI is InChI=1S/C6H8O6.Na/c7-1-2(8)5-3(9)4(10)6(11)12-5;/h2,5,7-10H,1H2;/q;+1/p-1/t2-,5?;/m1./s1. The zero-order valence-corrected chi connectivity index (χ0v) is 8.93. The smallest absolute Gasteiger partial charge is 0.870 e. The number of cyclic esters (lactones) is 1. The molecule has 0 aromatic heterocycles. The summed E-state index contributed by atoms with van der Waals surface area (Å²) in [5.41, 5.74) is 0. The third-order valence-electron chi connectivity index (χ3n) is 1.46. The molecule has 2 atom stereocenters. The van der Waals surface area contributed by atoms with E-state index in [1.54, 1.807) is 0 Å². The Morgan fingerprint density at radius 2 is 2.15 bits per heavy atom. The van der Waals surface area contributed by atoms with Crippen molar-refractivity contribution in [2.45, 2.75) is 12.2 Å². The summed E-state index contributed by atoms with van der Waals surface area (Å²) in [6.45, 7) is -0.711. The molecule has 0 aromatic carbocycles. The van der Waals surface area contributed by atoms with Gasteiger partial charge in [-0.05, 0) is 5.76 Å². The summed E-state index contributed by atoms with van der Waals surface area (Å²) in [7, 11) is 0. The molecule has 0 bridgehead atoms. The van der Waals surface area contributed by atoms with Gasteiger partial charge >= 0.3 is 35.5 Å². The zero-order valence-electron chi connectivity index (χ0n) is 6.93. The van der Waals surface area contributed by atoms with Crippen LogP contribution in [-0.2, 0) is 9.53 Å². The maximum atomic E-state index is 10.8. The van der Waals surface area contributed by atoms with Crippen LogP contribution in [0.2, 0.25) is 0 Å². The molecule has 6 nitrogen and oxygen atoms in total. The molecule has 1 heterocycles. The Kier molecular flexibility index (Phi) is 4.72. The molecule has 0 aromatic rings. The molecule has 0 amide bonds. The molecule has 0 aliphatic carbocycles. The molecule has 0 spiro atoms. The van der Waals surface area contributed by atoms with E-state index in [4.69, 9.17) is 15.3 Å². The van der Waals surface area contributed by atoms with Gasteiger partial charge in [-0.2, -0.15) is 0 Å². The number of aliphatic hydroxyl groups is 3. The Bertz CT molecular complexity index is 237. The van der Waals surface area contributed by atoms with Crippen molar-refractivity contribution in [3.05, 3.63) is 11.5 Å². The molecule has 1 aliphatic heterocycles. The van der Waals surface area contributed by atoms with Gasteiger partial charge in [-0.15, -0.1) is 0 Å². The minimum Gasteiger partial charge on any atom is -0.870 e. The number of rotatable bonds is 2. The van der Waals surface area contributed by atoms with Crippen LogP contribution in [0.4, 0.5) is 0 Å². The van der Waals surface area contributed by atoms with Gasteiger partial charge in [-0.1, -0.05) is 0 Å². The van der Waals surface area contributed by atoms with Crippen molar-refractivity contribution < 1.29 is 59.5 Å². The largest absolute Gasteiger partial charge is 1.00 e. The molecule has 0 saturated heterocycles. The van der Waals surface area contributed by atoms with E-state index in [9.17, 15) is 9.90 Å². The number of carbonyl (C=O) groups is 1. The van der Waals surface area contributed by atoms with Gasteiger partial charge in [0.1, 0.15) is 12.2 Å². The molecule has 1 rings (SSSR count). The molecular weight excluding hydrogens is 191 g/mol. The maximum absolute atomic E-state index is 10.8. The number of carbonyl (C=O) groups excluding carboxylic acids is 1. The first kappa shape index (κ1) is 12.7. The average Bonchev–Trinajstić information content (AvgIpc) is 2.32. The van der Waals surface area contributed by atoms with Gasteiger partial charge in [0.25, 0.3) is 0 Å². The first-order valence-corrected chi connectivity index (χ1v) is 3.18. The number of aliphatic hydroxyl groups excluding tert-OH is 3. The SMILES string of the molecule is O=C1OC([C@H](O)CO)C([O-])=C1O.[Na+]. The van der Waals surface area contributed by atoms with Crippen molar-refractivity contribution in [3.8, 4) is 0 Å². The van der Waals surface area contributed by atoms with Crippen LogP contribution in [0.1, 0.15) is 0 Å². The Morgan fingerprint density at radius 3 is 2.46 bits per heavy atom. The summed E-state index contributed by atoms with van der Waals surface area (Å²) in [6, 6.07) is 0. The maximum Gasteiger partial charge on any atom is 1.00 e. The minimum absolute atomic E-state index is 0. The Balaban J connectivity index is 0.00000144. The molecule has 68 valence electrons. The van der Waals surface area contributed by atoms with Crippen LogP contribution < -0.4 is 34.7 Å². The molecule has 0 radical (unpaired) electrons. The summed E-state index contributed by atoms with van der Waals surface area (Å²) in [6.07, 6.45) is -2.95. The predicted octanol–water partition coefficient (Wildman–Crippen LogP) is -5.60. The summed E-state index contributed by atoms with van der Waals surface area (Å²) in [4.78, 5) is 10.5. The van der Waals surface area contributed by atoms with Crippen molar-refractivity contribution in [2.75, 3.05) is 6.61 Å². The Labute approximate surface area is 95.7 Å². The number of hydrogen-bond acceptors (Lipinski definition) is 6. The van der Waals surface area contributed by atoms with Gasteiger partial charge in [-0.3, -0.25) is 0 Å². The zero-order chi connectivity index (χ0) is 9.30. The van der Waals surface area contributed by atoms with Crippen LogP contribution in [-0.4, -0.2) is 40.1 Å². The summed E-state index contributed by atoms with van der Waals surface area (Å²) >= 11 is 0. The van der Waals surface area contributed by atoms with Crippen molar-refractivity contribution in [1.29, 1.82) is 0 Å². The number of hydrogen-bond donors (Lipinski definition) is 3. The van der Waals surface area contributed by atoms with Crippen LogP contribution in [0.5, 0.6) is 0 Å². The molecule has 1 unspecified atom stereocenters. The summed E-state index contributed by atoms with van der Waals surface area (Å²) < 4.78 is 4.25. The van der Waals surface area contributed by atoms with E-state index in [0.29, 0.717) is 0 Å². The van der Waals surface area contributed by atoms with Crippen molar-refractivity contribution >= 4 is 5.97 Å². The topological polar surface area (TPSA) is 110 Å². The fourth-order valence-electron chi connectivity index (χ4n) is 0.809. The van der Waals surface area contributed by atoms with E-state index in [1.165, 1.54) is 0 Å². The van der Waals surface area contributed by atoms with E-state index < -0.39 is 36.3 Å². The van der Waals surface area contributed by atoms with Gasteiger partial charge < -0.3 is 25.2 Å². The second-order valence-corrected chi connectivity index (χ2v) is 2.29. The third kappa shape index (κ3) is 2.35. The fourth-order valence-corrected chi connectivity index (χ4v) is 0.809. The predicted molar refractivity (Wildman–Crippen MR) is 32.6 cm³/mol. The minimum atomic E-state index is -1.48. The quantitative estimate of drug-likeness (QED) is 0.301. The van der Waals surface area contributed by atoms with Crippen molar-refractivity contribution in [3.63, 3.8) is 0 Å². The first-order valence-electron chi connectivity index (χ1n) is 3.18. The van der Waals surface area contributed by atoms with Crippen LogP contribution in [0.3, 0.4) is 0 Å². The average molecular weight is 198 g/mol. The van der Waals surface area contributed by atoms with Gasteiger partial charge in [0.2, 0.25) is 0 Å². The number of esters is 1. The van der Waals surface area contributed by atoms with E-state index in [0.717, 1.165) is 0 Å². The Morgan fingerprint density at radius 1 is 1.62 bits per heavy atom. The van der Waals surface area contributed by atoms with Gasteiger partial charge in [0, 0.05) is 0 Å².